The van der Waals surface area contributed by atoms with Crippen LogP contribution in [0.5, 0.6) is 0 Å². The fraction of sp³-hybridized carbons (Fsp3) is 0.500. The number of nitrogen functional groups attached to an aromatic ring is 1. The van der Waals surface area contributed by atoms with Crippen molar-refractivity contribution >= 4 is 5.95 Å². The minimum atomic E-state index is 0.593. The average Bonchev–Trinajstić information content (AvgIpc) is 2.71. The predicted octanol–water partition coefficient (Wildman–Crippen LogP) is 1.68. The first-order valence-corrected chi connectivity index (χ1v) is 5.86. The highest BCUT2D eigenvalue weighted by atomic mass is 15.3. The largest absolute Gasteiger partial charge is 0.369 e. The van der Waals surface area contributed by atoms with E-state index >= 15 is 0 Å². The Balaban J connectivity index is 1.92. The standard InChI is InChI=1S/C12H19N5/c1-9-7-11(3)17(15-9)6-4-5-16-8-10(2)14-12(16)13/h7-8H,4-6H2,1-3H3,(H2,13,14). The summed E-state index contributed by atoms with van der Waals surface area (Å²) in [4.78, 5) is 4.18. The molecule has 0 aliphatic carbocycles. The van der Waals surface area contributed by atoms with Crippen LogP contribution < -0.4 is 5.73 Å². The van der Waals surface area contributed by atoms with E-state index in [9.17, 15) is 0 Å². The van der Waals surface area contributed by atoms with Gasteiger partial charge >= 0.3 is 0 Å². The molecule has 17 heavy (non-hydrogen) atoms. The topological polar surface area (TPSA) is 61.7 Å². The van der Waals surface area contributed by atoms with Crippen molar-refractivity contribution in [2.75, 3.05) is 5.73 Å². The first-order chi connectivity index (χ1) is 8.06. The van der Waals surface area contributed by atoms with Crippen molar-refractivity contribution in [3.8, 4) is 0 Å². The highest BCUT2D eigenvalue weighted by Crippen LogP contribution is 2.07. The Morgan fingerprint density at radius 1 is 1.18 bits per heavy atom. The normalized spacial score (nSPS) is 11.0. The number of anilines is 1. The van der Waals surface area contributed by atoms with Crippen LogP contribution in [0.1, 0.15) is 23.5 Å². The van der Waals surface area contributed by atoms with E-state index in [1.54, 1.807) is 0 Å². The number of nitrogens with two attached hydrogens (primary N) is 1. The highest BCUT2D eigenvalue weighted by molar-refractivity contribution is 5.20. The molecule has 5 heteroatoms. The molecule has 2 rings (SSSR count). The van der Waals surface area contributed by atoms with E-state index < -0.39 is 0 Å². The zero-order valence-corrected chi connectivity index (χ0v) is 10.6. The summed E-state index contributed by atoms with van der Waals surface area (Å²) in [6, 6.07) is 2.09. The molecule has 92 valence electrons. The Hall–Kier alpha value is -1.78. The van der Waals surface area contributed by atoms with E-state index in [1.165, 1.54) is 5.69 Å². The molecule has 2 heterocycles. The van der Waals surface area contributed by atoms with Gasteiger partial charge in [-0.25, -0.2) is 4.98 Å². The van der Waals surface area contributed by atoms with E-state index in [4.69, 9.17) is 5.73 Å². The molecular weight excluding hydrogens is 214 g/mol. The number of rotatable bonds is 4. The van der Waals surface area contributed by atoms with E-state index in [-0.39, 0.29) is 0 Å². The van der Waals surface area contributed by atoms with Gasteiger partial charge in [0.2, 0.25) is 0 Å². The molecular formula is C12H19N5. The smallest absolute Gasteiger partial charge is 0.200 e. The summed E-state index contributed by atoms with van der Waals surface area (Å²) < 4.78 is 4.02. The summed E-state index contributed by atoms with van der Waals surface area (Å²) in [6.45, 7) is 7.84. The summed E-state index contributed by atoms with van der Waals surface area (Å²) in [7, 11) is 0. The van der Waals surface area contributed by atoms with Gasteiger partial charge in [0.25, 0.3) is 0 Å². The van der Waals surface area contributed by atoms with Crippen LogP contribution >= 0.6 is 0 Å². The zero-order chi connectivity index (χ0) is 12.4. The lowest BCUT2D eigenvalue weighted by Gasteiger charge is -2.06. The lowest BCUT2D eigenvalue weighted by atomic mass is 10.4. The summed E-state index contributed by atoms with van der Waals surface area (Å²) in [5.41, 5.74) is 9.03. The van der Waals surface area contributed by atoms with E-state index in [0.29, 0.717) is 5.95 Å². The molecule has 0 radical (unpaired) electrons. The highest BCUT2D eigenvalue weighted by Gasteiger charge is 2.03. The summed E-state index contributed by atoms with van der Waals surface area (Å²) in [5.74, 6) is 0.593. The molecule has 0 atom stereocenters. The van der Waals surface area contributed by atoms with Gasteiger partial charge in [0.1, 0.15) is 0 Å². The second-order valence-corrected chi connectivity index (χ2v) is 4.44. The van der Waals surface area contributed by atoms with Crippen LogP contribution in [0.25, 0.3) is 0 Å². The van der Waals surface area contributed by atoms with Crippen molar-refractivity contribution in [1.29, 1.82) is 0 Å². The third-order valence-electron chi connectivity index (χ3n) is 2.80. The van der Waals surface area contributed by atoms with E-state index in [1.807, 2.05) is 29.3 Å². The lowest BCUT2D eigenvalue weighted by Crippen LogP contribution is -2.08. The molecule has 2 aromatic rings. The van der Waals surface area contributed by atoms with Crippen molar-refractivity contribution in [2.24, 2.45) is 0 Å². The minimum absolute atomic E-state index is 0.593. The lowest BCUT2D eigenvalue weighted by molar-refractivity contribution is 0.518. The van der Waals surface area contributed by atoms with Crippen molar-refractivity contribution in [3.05, 3.63) is 29.3 Å². The summed E-state index contributed by atoms with van der Waals surface area (Å²) in [6.07, 6.45) is 2.98. The zero-order valence-electron chi connectivity index (χ0n) is 10.6. The van der Waals surface area contributed by atoms with Crippen molar-refractivity contribution in [1.82, 2.24) is 19.3 Å². The van der Waals surface area contributed by atoms with Crippen LogP contribution in [0.3, 0.4) is 0 Å². The maximum Gasteiger partial charge on any atom is 0.200 e. The van der Waals surface area contributed by atoms with Crippen LogP contribution in [0.15, 0.2) is 12.3 Å². The second-order valence-electron chi connectivity index (χ2n) is 4.44. The predicted molar refractivity (Wildman–Crippen MR) is 67.7 cm³/mol. The van der Waals surface area contributed by atoms with Crippen LogP contribution in [-0.2, 0) is 13.1 Å². The van der Waals surface area contributed by atoms with Crippen molar-refractivity contribution in [2.45, 2.75) is 40.3 Å². The van der Waals surface area contributed by atoms with Gasteiger partial charge in [0.05, 0.1) is 11.4 Å². The van der Waals surface area contributed by atoms with Crippen molar-refractivity contribution < 1.29 is 0 Å². The van der Waals surface area contributed by atoms with Gasteiger partial charge in [0.15, 0.2) is 5.95 Å². The molecule has 0 aliphatic heterocycles. The fourth-order valence-electron chi connectivity index (χ4n) is 2.04. The fourth-order valence-corrected chi connectivity index (χ4v) is 2.04. The van der Waals surface area contributed by atoms with Crippen LogP contribution in [0.4, 0.5) is 5.95 Å². The number of hydrogen-bond donors (Lipinski definition) is 1. The van der Waals surface area contributed by atoms with Crippen molar-refractivity contribution in [3.63, 3.8) is 0 Å². The van der Waals surface area contributed by atoms with Gasteiger partial charge in [-0.05, 0) is 33.3 Å². The molecule has 0 fully saturated rings. The first kappa shape index (κ1) is 11.7. The van der Waals surface area contributed by atoms with Crippen LogP contribution in [-0.4, -0.2) is 19.3 Å². The monoisotopic (exact) mass is 233 g/mol. The Kier molecular flexibility index (Phi) is 3.17. The molecule has 0 bridgehead atoms. The van der Waals surface area contributed by atoms with Gasteiger partial charge in [-0.1, -0.05) is 0 Å². The Morgan fingerprint density at radius 3 is 2.47 bits per heavy atom. The maximum atomic E-state index is 5.78. The Labute approximate surface area is 101 Å². The molecule has 0 saturated heterocycles. The van der Waals surface area contributed by atoms with Gasteiger partial charge in [-0.3, -0.25) is 4.68 Å². The van der Waals surface area contributed by atoms with Gasteiger partial charge in [0, 0.05) is 25.0 Å². The van der Waals surface area contributed by atoms with Crippen LogP contribution in [0, 0.1) is 20.8 Å². The Morgan fingerprint density at radius 2 is 1.94 bits per heavy atom. The first-order valence-electron chi connectivity index (χ1n) is 5.86. The second kappa shape index (κ2) is 4.61. The number of aryl methyl sites for hydroxylation is 5. The SMILES string of the molecule is Cc1cn(CCCn2nc(C)cc2C)c(N)n1. The van der Waals surface area contributed by atoms with E-state index in [2.05, 4.69) is 23.1 Å². The molecule has 0 unspecified atom stereocenters. The van der Waals surface area contributed by atoms with Crippen LogP contribution in [0.2, 0.25) is 0 Å². The molecule has 0 aromatic carbocycles. The third kappa shape index (κ3) is 2.67. The number of aromatic nitrogens is 4. The minimum Gasteiger partial charge on any atom is -0.369 e. The van der Waals surface area contributed by atoms with E-state index in [0.717, 1.165) is 30.9 Å². The number of hydrogen-bond acceptors (Lipinski definition) is 3. The quantitative estimate of drug-likeness (QED) is 0.874. The Bertz CT molecular complexity index is 463. The average molecular weight is 233 g/mol. The molecule has 0 aliphatic rings. The molecule has 0 saturated carbocycles. The van der Waals surface area contributed by atoms with Gasteiger partial charge in [-0.15, -0.1) is 0 Å². The third-order valence-corrected chi connectivity index (χ3v) is 2.80. The molecule has 0 spiro atoms. The molecule has 5 nitrogen and oxygen atoms in total. The maximum absolute atomic E-state index is 5.78. The summed E-state index contributed by atoms with van der Waals surface area (Å²) in [5, 5.41) is 4.43. The molecule has 2 aromatic heterocycles. The number of imidazole rings is 1. The van der Waals surface area contributed by atoms with Gasteiger partial charge < -0.3 is 10.3 Å². The molecule has 2 N–H and O–H groups in total. The molecule has 0 amide bonds. The number of nitrogens with zero attached hydrogens (tertiary/aromatic N) is 4. The summed E-state index contributed by atoms with van der Waals surface area (Å²) >= 11 is 0. The van der Waals surface area contributed by atoms with Gasteiger partial charge in [-0.2, -0.15) is 5.10 Å².